The summed E-state index contributed by atoms with van der Waals surface area (Å²) in [7, 11) is -3.11. The minimum absolute atomic E-state index is 0.340. The van der Waals surface area contributed by atoms with Crippen molar-refractivity contribution >= 4 is 21.4 Å². The van der Waals surface area contributed by atoms with E-state index in [9.17, 15) is 8.42 Å². The Kier molecular flexibility index (Phi) is 2.44. The van der Waals surface area contributed by atoms with Gasteiger partial charge in [-0.15, -0.1) is 0 Å². The van der Waals surface area contributed by atoms with E-state index >= 15 is 0 Å². The van der Waals surface area contributed by atoms with Gasteiger partial charge in [0.1, 0.15) is 0 Å². The average Bonchev–Trinajstić information content (AvgIpc) is 1.83. The Morgan fingerprint density at radius 3 is 2.33 bits per heavy atom. The van der Waals surface area contributed by atoms with Gasteiger partial charge >= 0.3 is 0 Å². The topological polar surface area (TPSA) is 34.1 Å². The molecule has 0 amide bonds. The lowest BCUT2D eigenvalue weighted by Crippen LogP contribution is -1.99. The second kappa shape index (κ2) is 3.07. The summed E-state index contributed by atoms with van der Waals surface area (Å²) in [5, 5.41) is 0.555. The van der Waals surface area contributed by atoms with Crippen LogP contribution in [-0.4, -0.2) is 14.7 Å². The van der Waals surface area contributed by atoms with Gasteiger partial charge in [-0.05, 0) is 30.7 Å². The van der Waals surface area contributed by atoms with Gasteiger partial charge in [0.05, 0.1) is 4.90 Å². The molecule has 1 aromatic carbocycles. The first-order chi connectivity index (χ1) is 5.41. The van der Waals surface area contributed by atoms with Crippen molar-refractivity contribution in [3.05, 3.63) is 28.8 Å². The zero-order chi connectivity index (χ0) is 9.35. The molecule has 66 valence electrons. The average molecular weight is 205 g/mol. The lowest BCUT2D eigenvalue weighted by Gasteiger charge is -2.02. The van der Waals surface area contributed by atoms with Crippen molar-refractivity contribution in [2.75, 3.05) is 6.26 Å². The van der Waals surface area contributed by atoms with E-state index in [1.54, 1.807) is 19.1 Å². The maximum absolute atomic E-state index is 11.1. The highest BCUT2D eigenvalue weighted by Gasteiger charge is 2.09. The molecule has 0 N–H and O–H groups in total. The van der Waals surface area contributed by atoms with Crippen LogP contribution < -0.4 is 0 Å². The van der Waals surface area contributed by atoms with Crippen molar-refractivity contribution in [3.8, 4) is 0 Å². The Balaban J connectivity index is 3.39. The fourth-order valence-corrected chi connectivity index (χ4v) is 2.21. The van der Waals surface area contributed by atoms with Crippen molar-refractivity contribution in [2.45, 2.75) is 11.8 Å². The van der Waals surface area contributed by atoms with E-state index in [4.69, 9.17) is 11.6 Å². The lowest BCUT2D eigenvalue weighted by molar-refractivity contribution is 0.601. The van der Waals surface area contributed by atoms with E-state index in [-0.39, 0.29) is 0 Å². The summed E-state index contributed by atoms with van der Waals surface area (Å²) in [6.07, 6.45) is 1.18. The van der Waals surface area contributed by atoms with E-state index < -0.39 is 9.84 Å². The molecule has 0 atom stereocenters. The Hall–Kier alpha value is -0.540. The van der Waals surface area contributed by atoms with Gasteiger partial charge in [-0.3, -0.25) is 0 Å². The molecule has 0 aliphatic carbocycles. The highest BCUT2D eigenvalue weighted by molar-refractivity contribution is 7.90. The molecule has 0 spiro atoms. The molecule has 0 aliphatic rings. The molecule has 0 radical (unpaired) electrons. The van der Waals surface area contributed by atoms with Crippen LogP contribution >= 0.6 is 11.6 Å². The van der Waals surface area contributed by atoms with Crippen LogP contribution in [0, 0.1) is 6.92 Å². The quantitative estimate of drug-likeness (QED) is 0.702. The van der Waals surface area contributed by atoms with Gasteiger partial charge in [0, 0.05) is 11.3 Å². The van der Waals surface area contributed by atoms with Crippen LogP contribution in [0.2, 0.25) is 5.02 Å². The lowest BCUT2D eigenvalue weighted by atomic mass is 10.2. The standard InChI is InChI=1S/C8H9ClO2S/c1-6-5-7(9)3-4-8(6)12(2,10)11/h3-5H,1-2H3. The van der Waals surface area contributed by atoms with Crippen LogP contribution in [0.25, 0.3) is 0 Å². The number of benzene rings is 1. The number of aryl methyl sites for hydroxylation is 1. The first kappa shape index (κ1) is 9.55. The molecular weight excluding hydrogens is 196 g/mol. The monoisotopic (exact) mass is 204 g/mol. The molecule has 0 fully saturated rings. The third-order valence-corrected chi connectivity index (χ3v) is 3.03. The maximum Gasteiger partial charge on any atom is 0.175 e. The molecule has 0 bridgehead atoms. The number of hydrogen-bond donors (Lipinski definition) is 0. The number of sulfone groups is 1. The highest BCUT2D eigenvalue weighted by atomic mass is 35.5. The van der Waals surface area contributed by atoms with E-state index in [1.165, 1.54) is 12.3 Å². The zero-order valence-electron chi connectivity index (χ0n) is 6.83. The molecule has 1 aromatic rings. The third-order valence-electron chi connectivity index (χ3n) is 1.54. The Morgan fingerprint density at radius 1 is 1.33 bits per heavy atom. The van der Waals surface area contributed by atoms with Crippen LogP contribution in [0.3, 0.4) is 0 Å². The van der Waals surface area contributed by atoms with Crippen LogP contribution in [-0.2, 0) is 9.84 Å². The van der Waals surface area contributed by atoms with Crippen molar-refractivity contribution in [3.63, 3.8) is 0 Å². The fraction of sp³-hybridized carbons (Fsp3) is 0.250. The van der Waals surface area contributed by atoms with Crippen LogP contribution in [0.15, 0.2) is 23.1 Å². The Labute approximate surface area is 77.1 Å². The number of hydrogen-bond acceptors (Lipinski definition) is 2. The molecule has 12 heavy (non-hydrogen) atoms. The highest BCUT2D eigenvalue weighted by Crippen LogP contribution is 2.18. The predicted octanol–water partition coefficient (Wildman–Crippen LogP) is 2.05. The Morgan fingerprint density at radius 2 is 1.92 bits per heavy atom. The Bertz CT molecular complexity index is 396. The fourth-order valence-electron chi connectivity index (χ4n) is 1.03. The summed E-state index contributed by atoms with van der Waals surface area (Å²) >= 11 is 5.67. The van der Waals surface area contributed by atoms with Gasteiger partial charge in [-0.2, -0.15) is 0 Å². The summed E-state index contributed by atoms with van der Waals surface area (Å²) < 4.78 is 22.2. The van der Waals surface area contributed by atoms with Gasteiger partial charge in [0.15, 0.2) is 9.84 Å². The van der Waals surface area contributed by atoms with Crippen molar-refractivity contribution in [1.82, 2.24) is 0 Å². The third kappa shape index (κ3) is 1.99. The van der Waals surface area contributed by atoms with E-state index in [2.05, 4.69) is 0 Å². The molecule has 0 saturated carbocycles. The molecule has 0 aromatic heterocycles. The molecule has 0 saturated heterocycles. The molecule has 2 nitrogen and oxygen atoms in total. The molecule has 1 rings (SSSR count). The summed E-state index contributed by atoms with van der Waals surface area (Å²) in [4.78, 5) is 0.340. The maximum atomic E-state index is 11.1. The van der Waals surface area contributed by atoms with E-state index in [1.807, 2.05) is 0 Å². The summed E-state index contributed by atoms with van der Waals surface area (Å²) in [5.41, 5.74) is 0.685. The van der Waals surface area contributed by atoms with Crippen molar-refractivity contribution in [1.29, 1.82) is 0 Å². The summed E-state index contributed by atoms with van der Waals surface area (Å²) in [5.74, 6) is 0. The minimum Gasteiger partial charge on any atom is -0.224 e. The second-order valence-corrected chi connectivity index (χ2v) is 5.10. The smallest absolute Gasteiger partial charge is 0.175 e. The molecule has 0 heterocycles. The van der Waals surface area contributed by atoms with Gasteiger partial charge < -0.3 is 0 Å². The molecule has 4 heteroatoms. The SMILES string of the molecule is Cc1cc(Cl)ccc1S(C)(=O)=O. The van der Waals surface area contributed by atoms with Crippen LogP contribution in [0.4, 0.5) is 0 Å². The van der Waals surface area contributed by atoms with Gasteiger partial charge in [-0.1, -0.05) is 11.6 Å². The van der Waals surface area contributed by atoms with Gasteiger partial charge in [0.25, 0.3) is 0 Å². The van der Waals surface area contributed by atoms with Crippen molar-refractivity contribution < 1.29 is 8.42 Å². The zero-order valence-corrected chi connectivity index (χ0v) is 8.41. The van der Waals surface area contributed by atoms with Crippen molar-refractivity contribution in [2.24, 2.45) is 0 Å². The molecule has 0 unspecified atom stereocenters. The summed E-state index contributed by atoms with van der Waals surface area (Å²) in [6, 6.07) is 4.73. The minimum atomic E-state index is -3.11. The van der Waals surface area contributed by atoms with E-state index in [0.29, 0.717) is 15.5 Å². The number of halogens is 1. The number of rotatable bonds is 1. The largest absolute Gasteiger partial charge is 0.224 e. The normalized spacial score (nSPS) is 11.6. The summed E-state index contributed by atoms with van der Waals surface area (Å²) in [6.45, 7) is 1.72. The van der Waals surface area contributed by atoms with Crippen LogP contribution in [0.1, 0.15) is 5.56 Å². The molecular formula is C8H9ClO2S. The molecule has 0 aliphatic heterocycles. The first-order valence-corrected chi connectivity index (χ1v) is 5.64. The second-order valence-electron chi connectivity index (χ2n) is 2.68. The van der Waals surface area contributed by atoms with Gasteiger partial charge in [-0.25, -0.2) is 8.42 Å². The van der Waals surface area contributed by atoms with Gasteiger partial charge in [0.2, 0.25) is 0 Å². The first-order valence-electron chi connectivity index (χ1n) is 3.37. The van der Waals surface area contributed by atoms with Crippen LogP contribution in [0.5, 0.6) is 0 Å². The van der Waals surface area contributed by atoms with E-state index in [0.717, 1.165) is 0 Å². The predicted molar refractivity (Wildman–Crippen MR) is 49.3 cm³/mol.